The molecule has 22 heavy (non-hydrogen) atoms. The first-order valence-corrected chi connectivity index (χ1v) is 6.75. The predicted molar refractivity (Wildman–Crippen MR) is 78.0 cm³/mol. The maximum Gasteiger partial charge on any atom is 0.342 e. The highest BCUT2D eigenvalue weighted by molar-refractivity contribution is 5.98. The van der Waals surface area contributed by atoms with Crippen molar-refractivity contribution in [1.29, 1.82) is 0 Å². The molecular weight excluding hydrogens is 288 g/mol. The second-order valence-corrected chi connectivity index (χ2v) is 5.00. The van der Waals surface area contributed by atoms with Crippen LogP contribution >= 0.6 is 0 Å². The third-order valence-corrected chi connectivity index (χ3v) is 3.77. The van der Waals surface area contributed by atoms with E-state index in [9.17, 15) is 14.7 Å². The van der Waals surface area contributed by atoms with Crippen LogP contribution in [0.5, 0.6) is 11.5 Å². The number of hydrogen-bond acceptors (Lipinski definition) is 6. The highest BCUT2D eigenvalue weighted by Gasteiger charge is 2.31. The van der Waals surface area contributed by atoms with Crippen LogP contribution in [0, 0.1) is 6.92 Å². The lowest BCUT2D eigenvalue weighted by atomic mass is 9.95. The number of carbonyl (C=O) groups is 2. The number of phenols is 1. The third kappa shape index (κ3) is 2.52. The lowest BCUT2D eigenvalue weighted by Crippen LogP contribution is -2.05. The van der Waals surface area contributed by atoms with Crippen LogP contribution in [0.2, 0.25) is 0 Å². The van der Waals surface area contributed by atoms with Crippen LogP contribution in [-0.4, -0.2) is 31.3 Å². The van der Waals surface area contributed by atoms with E-state index in [-0.39, 0.29) is 24.3 Å². The summed E-state index contributed by atoms with van der Waals surface area (Å²) in [5.41, 5.74) is 2.42. The smallest absolute Gasteiger partial charge is 0.342 e. The minimum absolute atomic E-state index is 0.126. The first kappa shape index (κ1) is 15.9. The van der Waals surface area contributed by atoms with E-state index in [2.05, 4.69) is 4.74 Å². The van der Waals surface area contributed by atoms with E-state index < -0.39 is 11.9 Å². The molecule has 0 saturated carbocycles. The van der Waals surface area contributed by atoms with Gasteiger partial charge in [-0.1, -0.05) is 6.08 Å². The summed E-state index contributed by atoms with van der Waals surface area (Å²) < 4.78 is 15.0. The molecule has 6 nitrogen and oxygen atoms in total. The SMILES string of the molecule is COC(=O)/C(C)=C/Cc1c(O)c2c(c(C)c1OC)COC2=O. The number of aromatic hydroxyl groups is 1. The average Bonchev–Trinajstić information content (AvgIpc) is 2.90. The molecule has 0 fully saturated rings. The molecule has 0 amide bonds. The number of hydrogen-bond donors (Lipinski definition) is 1. The Labute approximate surface area is 128 Å². The molecule has 0 saturated heterocycles. The summed E-state index contributed by atoms with van der Waals surface area (Å²) in [7, 11) is 2.79. The molecule has 2 rings (SSSR count). The lowest BCUT2D eigenvalue weighted by molar-refractivity contribution is -0.136. The third-order valence-electron chi connectivity index (χ3n) is 3.77. The standard InChI is InChI=1S/C16H18O6/c1-8(15(18)21-4)5-6-10-13(17)12-11(7-22-16(12)19)9(2)14(10)20-3/h5,17H,6-7H2,1-4H3/b8-5+. The number of ether oxygens (including phenoxy) is 3. The molecule has 0 bridgehead atoms. The van der Waals surface area contributed by atoms with E-state index >= 15 is 0 Å². The normalized spacial score (nSPS) is 13.6. The molecule has 1 aliphatic heterocycles. The monoisotopic (exact) mass is 306 g/mol. The van der Waals surface area contributed by atoms with Crippen molar-refractivity contribution in [2.24, 2.45) is 0 Å². The fourth-order valence-electron chi connectivity index (χ4n) is 2.53. The molecule has 1 N–H and O–H groups in total. The summed E-state index contributed by atoms with van der Waals surface area (Å²) in [6.07, 6.45) is 1.85. The highest BCUT2D eigenvalue weighted by Crippen LogP contribution is 2.41. The summed E-state index contributed by atoms with van der Waals surface area (Å²) in [5.74, 6) is -0.666. The number of rotatable bonds is 4. The number of esters is 2. The van der Waals surface area contributed by atoms with Gasteiger partial charge in [0.05, 0.1) is 14.2 Å². The summed E-state index contributed by atoms with van der Waals surface area (Å²) in [6, 6.07) is 0. The molecule has 0 spiro atoms. The van der Waals surface area contributed by atoms with Crippen LogP contribution in [0.15, 0.2) is 11.6 Å². The Morgan fingerprint density at radius 3 is 2.68 bits per heavy atom. The predicted octanol–water partition coefficient (Wildman–Crippen LogP) is 2.04. The van der Waals surface area contributed by atoms with Gasteiger partial charge in [0.2, 0.25) is 0 Å². The molecule has 0 unspecified atom stereocenters. The lowest BCUT2D eigenvalue weighted by Gasteiger charge is -2.15. The fourth-order valence-corrected chi connectivity index (χ4v) is 2.53. The molecule has 1 aromatic rings. The van der Waals surface area contributed by atoms with Gasteiger partial charge in [0.1, 0.15) is 23.7 Å². The van der Waals surface area contributed by atoms with Crippen molar-refractivity contribution in [3.05, 3.63) is 33.9 Å². The molecule has 6 heteroatoms. The number of methoxy groups -OCH3 is 2. The Morgan fingerprint density at radius 2 is 2.09 bits per heavy atom. The molecule has 1 heterocycles. The summed E-state index contributed by atoms with van der Waals surface area (Å²) >= 11 is 0. The van der Waals surface area contributed by atoms with Crippen molar-refractivity contribution >= 4 is 11.9 Å². The van der Waals surface area contributed by atoms with E-state index in [1.807, 2.05) is 0 Å². The number of cyclic esters (lactones) is 1. The van der Waals surface area contributed by atoms with Crippen LogP contribution in [0.4, 0.5) is 0 Å². The van der Waals surface area contributed by atoms with Crippen LogP contribution in [0.3, 0.4) is 0 Å². The molecular formula is C16H18O6. The van der Waals surface area contributed by atoms with E-state index in [1.165, 1.54) is 14.2 Å². The van der Waals surface area contributed by atoms with Gasteiger partial charge in [-0.15, -0.1) is 0 Å². The Bertz CT molecular complexity index is 672. The van der Waals surface area contributed by atoms with Crippen LogP contribution < -0.4 is 4.74 Å². The molecule has 0 radical (unpaired) electrons. The Hall–Kier alpha value is -2.50. The van der Waals surface area contributed by atoms with Gasteiger partial charge in [-0.05, 0) is 25.8 Å². The molecule has 118 valence electrons. The van der Waals surface area contributed by atoms with Gasteiger partial charge in [0.25, 0.3) is 0 Å². The van der Waals surface area contributed by atoms with Gasteiger partial charge in [-0.3, -0.25) is 0 Å². The maximum atomic E-state index is 11.8. The largest absolute Gasteiger partial charge is 0.507 e. The molecule has 1 aromatic carbocycles. The molecule has 0 aliphatic carbocycles. The van der Waals surface area contributed by atoms with E-state index in [4.69, 9.17) is 9.47 Å². The Balaban J connectivity index is 2.52. The number of carbonyl (C=O) groups excluding carboxylic acids is 2. The number of fused-ring (bicyclic) bond motifs is 1. The molecule has 1 aliphatic rings. The second-order valence-electron chi connectivity index (χ2n) is 5.00. The van der Waals surface area contributed by atoms with Crippen LogP contribution in [0.25, 0.3) is 0 Å². The van der Waals surface area contributed by atoms with Gasteiger partial charge in [0, 0.05) is 16.7 Å². The van der Waals surface area contributed by atoms with Crippen molar-refractivity contribution in [2.75, 3.05) is 14.2 Å². The maximum absolute atomic E-state index is 11.8. The van der Waals surface area contributed by atoms with Gasteiger partial charge in [0.15, 0.2) is 0 Å². The van der Waals surface area contributed by atoms with Crippen molar-refractivity contribution in [3.8, 4) is 11.5 Å². The van der Waals surface area contributed by atoms with Crippen LogP contribution in [-0.2, 0) is 27.3 Å². The van der Waals surface area contributed by atoms with Gasteiger partial charge < -0.3 is 19.3 Å². The number of benzene rings is 1. The van der Waals surface area contributed by atoms with Crippen molar-refractivity contribution < 1.29 is 28.9 Å². The van der Waals surface area contributed by atoms with Crippen molar-refractivity contribution in [3.63, 3.8) is 0 Å². The zero-order valence-electron chi connectivity index (χ0n) is 13.0. The zero-order chi connectivity index (χ0) is 16.4. The number of phenolic OH excluding ortho intramolecular Hbond substituents is 1. The Morgan fingerprint density at radius 1 is 1.41 bits per heavy atom. The molecule has 0 aromatic heterocycles. The van der Waals surface area contributed by atoms with Gasteiger partial charge >= 0.3 is 11.9 Å². The van der Waals surface area contributed by atoms with E-state index in [0.29, 0.717) is 22.4 Å². The molecule has 0 atom stereocenters. The van der Waals surface area contributed by atoms with E-state index in [1.54, 1.807) is 19.9 Å². The average molecular weight is 306 g/mol. The first-order chi connectivity index (χ1) is 10.4. The Kier molecular flexibility index (Phi) is 4.40. The highest BCUT2D eigenvalue weighted by atomic mass is 16.5. The van der Waals surface area contributed by atoms with Gasteiger partial charge in [-0.25, -0.2) is 9.59 Å². The first-order valence-electron chi connectivity index (χ1n) is 6.75. The topological polar surface area (TPSA) is 82.1 Å². The van der Waals surface area contributed by atoms with Crippen LogP contribution in [0.1, 0.15) is 34.0 Å². The quantitative estimate of drug-likeness (QED) is 0.677. The minimum Gasteiger partial charge on any atom is -0.507 e. The summed E-state index contributed by atoms with van der Waals surface area (Å²) in [6.45, 7) is 3.55. The van der Waals surface area contributed by atoms with Crippen molar-refractivity contribution in [1.82, 2.24) is 0 Å². The van der Waals surface area contributed by atoms with Crippen molar-refractivity contribution in [2.45, 2.75) is 26.9 Å². The summed E-state index contributed by atoms with van der Waals surface area (Å²) in [5, 5.41) is 10.4. The summed E-state index contributed by atoms with van der Waals surface area (Å²) in [4.78, 5) is 23.2. The second kappa shape index (κ2) is 6.09. The minimum atomic E-state index is -0.548. The number of allylic oxidation sites excluding steroid dienone is 1. The zero-order valence-corrected chi connectivity index (χ0v) is 13.0. The van der Waals surface area contributed by atoms with Gasteiger partial charge in [-0.2, -0.15) is 0 Å². The fraction of sp³-hybridized carbons (Fsp3) is 0.375. The van der Waals surface area contributed by atoms with E-state index in [0.717, 1.165) is 5.56 Å².